The Hall–Kier alpha value is -1.26. The molecule has 1 rings (SSSR count). The number of aldehydes is 1. The van der Waals surface area contributed by atoms with Gasteiger partial charge in [-0.05, 0) is 18.6 Å². The molecule has 0 fully saturated rings. The summed E-state index contributed by atoms with van der Waals surface area (Å²) < 4.78 is 0. The summed E-state index contributed by atoms with van der Waals surface area (Å²) in [5, 5.41) is 0. The van der Waals surface area contributed by atoms with E-state index in [1.54, 1.807) is 12.2 Å². The van der Waals surface area contributed by atoms with Crippen LogP contribution >= 0.6 is 0 Å². The molecule has 0 aliphatic heterocycles. The molecule has 0 atom stereocenters. The highest BCUT2D eigenvalue weighted by Gasteiger charge is 2.25. The Balaban J connectivity index is 2.72. The third-order valence-corrected chi connectivity index (χ3v) is 2.06. The molecule has 1 aliphatic rings. The topological polar surface area (TPSA) is 55.4 Å². The molecule has 1 aliphatic carbocycles. The zero-order valence-electron chi connectivity index (χ0n) is 8.03. The van der Waals surface area contributed by atoms with Crippen molar-refractivity contribution in [1.29, 1.82) is 0 Å². The predicted molar refractivity (Wildman–Crippen MR) is 51.5 cm³/mol. The number of ketones is 1. The second-order valence-electron chi connectivity index (χ2n) is 3.12. The first-order valence-corrected chi connectivity index (χ1v) is 4.39. The van der Waals surface area contributed by atoms with Crippen LogP contribution in [0.2, 0.25) is 0 Å². The maximum absolute atomic E-state index is 10.9. The van der Waals surface area contributed by atoms with Gasteiger partial charge in [0.05, 0.1) is 12.6 Å². The number of carbonyl (C=O) groups is 2. The summed E-state index contributed by atoms with van der Waals surface area (Å²) in [6, 6.07) is 0. The zero-order valence-corrected chi connectivity index (χ0v) is 8.03. The van der Waals surface area contributed by atoms with Crippen LogP contribution in [0.1, 0.15) is 12.8 Å². The van der Waals surface area contributed by atoms with E-state index in [-0.39, 0.29) is 5.78 Å². The molecule has 0 radical (unpaired) electrons. The van der Waals surface area contributed by atoms with E-state index >= 15 is 0 Å². The Bertz CT molecular complexity index is 265. The number of carbonyl (C=O) groups excluding carboxylic acids is 2. The van der Waals surface area contributed by atoms with Gasteiger partial charge in [-0.1, -0.05) is 12.2 Å². The lowest BCUT2D eigenvalue weighted by atomic mass is 9.90. The summed E-state index contributed by atoms with van der Waals surface area (Å²) in [6.07, 6.45) is 8.19. The number of nitrogens with one attached hydrogen (secondary N) is 1. The zero-order chi connectivity index (χ0) is 10.4. The van der Waals surface area contributed by atoms with Crippen LogP contribution in [0.25, 0.3) is 0 Å². The summed E-state index contributed by atoms with van der Waals surface area (Å²) in [5.74, 6) is -0.0513. The van der Waals surface area contributed by atoms with Gasteiger partial charge in [-0.3, -0.25) is 4.79 Å². The molecule has 76 valence electrons. The van der Waals surface area contributed by atoms with Crippen LogP contribution in [0.15, 0.2) is 24.3 Å². The normalized spacial score (nSPS) is 18.5. The fourth-order valence-electron chi connectivity index (χ4n) is 1.35. The third-order valence-electron chi connectivity index (χ3n) is 2.06. The molecular formula is C10H13NO3. The fourth-order valence-corrected chi connectivity index (χ4v) is 1.35. The largest absolute Gasteiger partial charge is 0.304 e. The molecule has 0 amide bonds. The van der Waals surface area contributed by atoms with Crippen molar-refractivity contribution in [3.63, 3.8) is 0 Å². The number of rotatable bonds is 5. The molecule has 1 N–H and O–H groups in total. The molecule has 0 aromatic rings. The molecule has 0 bridgehead atoms. The number of allylic oxidation sites excluding steroid dienone is 2. The van der Waals surface area contributed by atoms with Crippen molar-refractivity contribution in [1.82, 2.24) is 5.48 Å². The maximum Gasteiger partial charge on any atom is 0.178 e. The second-order valence-corrected chi connectivity index (χ2v) is 3.12. The van der Waals surface area contributed by atoms with Crippen molar-refractivity contribution < 1.29 is 14.4 Å². The minimum atomic E-state index is -0.524. The average molecular weight is 195 g/mol. The van der Waals surface area contributed by atoms with Crippen LogP contribution in [0.4, 0.5) is 0 Å². The lowest BCUT2D eigenvalue weighted by molar-refractivity contribution is -0.110. The first-order valence-electron chi connectivity index (χ1n) is 4.39. The number of hydrogen-bond acceptors (Lipinski definition) is 4. The van der Waals surface area contributed by atoms with Gasteiger partial charge >= 0.3 is 0 Å². The van der Waals surface area contributed by atoms with Crippen molar-refractivity contribution in [2.75, 3.05) is 7.11 Å². The van der Waals surface area contributed by atoms with Crippen LogP contribution in [0, 0.1) is 0 Å². The monoisotopic (exact) mass is 195 g/mol. The molecule has 4 nitrogen and oxygen atoms in total. The first kappa shape index (κ1) is 10.8. The smallest absolute Gasteiger partial charge is 0.178 e. The fraction of sp³-hybridized carbons (Fsp3) is 0.400. The molecule has 0 saturated heterocycles. The van der Waals surface area contributed by atoms with Crippen molar-refractivity contribution in [2.45, 2.75) is 18.4 Å². The summed E-state index contributed by atoms with van der Waals surface area (Å²) in [5.41, 5.74) is 2.24. The van der Waals surface area contributed by atoms with E-state index in [9.17, 15) is 9.59 Å². The van der Waals surface area contributed by atoms with E-state index in [0.717, 1.165) is 6.29 Å². The van der Waals surface area contributed by atoms with E-state index in [1.807, 2.05) is 0 Å². The Labute approximate surface area is 82.6 Å². The molecule has 4 heteroatoms. The molecule has 0 unspecified atom stereocenters. The van der Waals surface area contributed by atoms with Gasteiger partial charge in [-0.2, -0.15) is 5.48 Å². The maximum atomic E-state index is 10.9. The molecule has 0 spiro atoms. The minimum absolute atomic E-state index is 0.0513. The van der Waals surface area contributed by atoms with E-state index in [1.165, 1.54) is 19.3 Å². The van der Waals surface area contributed by atoms with E-state index in [4.69, 9.17) is 4.84 Å². The van der Waals surface area contributed by atoms with Crippen molar-refractivity contribution in [3.05, 3.63) is 24.3 Å². The predicted octanol–water partition coefficient (Wildman–Crippen LogP) is 0.550. The minimum Gasteiger partial charge on any atom is -0.304 e. The van der Waals surface area contributed by atoms with Crippen LogP contribution in [0.5, 0.6) is 0 Å². The standard InChI is InChI=1S/C10H13NO3/c1-14-11-10(5-2-8-12)6-3-9(13)4-7-10/h3-4,6-8,11H,2,5H2,1H3. The van der Waals surface area contributed by atoms with E-state index in [0.29, 0.717) is 12.8 Å². The number of hydrogen-bond donors (Lipinski definition) is 1. The van der Waals surface area contributed by atoms with E-state index < -0.39 is 5.54 Å². The first-order chi connectivity index (χ1) is 6.72. The van der Waals surface area contributed by atoms with Crippen molar-refractivity contribution in [2.24, 2.45) is 0 Å². The van der Waals surface area contributed by atoms with Crippen LogP contribution < -0.4 is 5.48 Å². The third kappa shape index (κ3) is 2.61. The summed E-state index contributed by atoms with van der Waals surface area (Å²) >= 11 is 0. The Morgan fingerprint density at radius 1 is 1.50 bits per heavy atom. The molecule has 0 heterocycles. The van der Waals surface area contributed by atoms with Gasteiger partial charge in [0.1, 0.15) is 6.29 Å². The summed E-state index contributed by atoms with van der Waals surface area (Å²) in [6.45, 7) is 0. The van der Waals surface area contributed by atoms with Gasteiger partial charge in [0.2, 0.25) is 0 Å². The highest BCUT2D eigenvalue weighted by Crippen LogP contribution is 2.19. The lowest BCUT2D eigenvalue weighted by Crippen LogP contribution is -2.42. The van der Waals surface area contributed by atoms with Gasteiger partial charge in [-0.25, -0.2) is 0 Å². The Morgan fingerprint density at radius 2 is 2.14 bits per heavy atom. The van der Waals surface area contributed by atoms with Gasteiger partial charge in [-0.15, -0.1) is 0 Å². The van der Waals surface area contributed by atoms with Gasteiger partial charge in [0.25, 0.3) is 0 Å². The van der Waals surface area contributed by atoms with Gasteiger partial charge in [0, 0.05) is 6.42 Å². The molecular weight excluding hydrogens is 182 g/mol. The van der Waals surface area contributed by atoms with Crippen molar-refractivity contribution in [3.8, 4) is 0 Å². The quantitative estimate of drug-likeness (QED) is 0.514. The van der Waals surface area contributed by atoms with Crippen LogP contribution in [0.3, 0.4) is 0 Å². The van der Waals surface area contributed by atoms with Crippen molar-refractivity contribution >= 4 is 12.1 Å². The highest BCUT2D eigenvalue weighted by atomic mass is 16.6. The van der Waals surface area contributed by atoms with Gasteiger partial charge in [0.15, 0.2) is 5.78 Å². The lowest BCUT2D eigenvalue weighted by Gasteiger charge is -2.28. The Morgan fingerprint density at radius 3 is 2.64 bits per heavy atom. The van der Waals surface area contributed by atoms with Crippen LogP contribution in [-0.2, 0) is 14.4 Å². The molecule has 0 saturated carbocycles. The molecule has 0 aromatic carbocycles. The Kier molecular flexibility index (Phi) is 3.73. The van der Waals surface area contributed by atoms with E-state index in [2.05, 4.69) is 5.48 Å². The number of hydroxylamine groups is 1. The SMILES string of the molecule is CONC1(CCC=O)C=CC(=O)C=C1. The van der Waals surface area contributed by atoms with Crippen LogP contribution in [-0.4, -0.2) is 24.7 Å². The van der Waals surface area contributed by atoms with Gasteiger partial charge < -0.3 is 9.63 Å². The second kappa shape index (κ2) is 4.83. The summed E-state index contributed by atoms with van der Waals surface area (Å²) in [4.78, 5) is 26.0. The molecule has 14 heavy (non-hydrogen) atoms. The highest BCUT2D eigenvalue weighted by molar-refractivity contribution is 6.00. The average Bonchev–Trinajstić information content (AvgIpc) is 2.20. The summed E-state index contributed by atoms with van der Waals surface area (Å²) in [7, 11) is 1.50. The molecule has 0 aromatic heterocycles.